The Morgan fingerprint density at radius 1 is 1.42 bits per heavy atom. The SMILES string of the molecule is CCC1(CNc2ccc(F)cc2[N+](=O)[O-])CCCC1. The molecule has 0 saturated heterocycles. The second-order valence-corrected chi connectivity index (χ2v) is 5.33. The van der Waals surface area contributed by atoms with Gasteiger partial charge in [-0.2, -0.15) is 0 Å². The Balaban J connectivity index is 2.13. The van der Waals surface area contributed by atoms with Crippen molar-refractivity contribution in [2.24, 2.45) is 5.41 Å². The van der Waals surface area contributed by atoms with Crippen LogP contribution in [0.15, 0.2) is 18.2 Å². The molecule has 19 heavy (non-hydrogen) atoms. The van der Waals surface area contributed by atoms with E-state index in [2.05, 4.69) is 12.2 Å². The van der Waals surface area contributed by atoms with Gasteiger partial charge in [0.05, 0.1) is 11.0 Å². The number of hydrogen-bond acceptors (Lipinski definition) is 3. The van der Waals surface area contributed by atoms with Crippen LogP contribution in [0.1, 0.15) is 39.0 Å². The predicted octanol–water partition coefficient (Wildman–Crippen LogP) is 4.12. The number of hydrogen-bond donors (Lipinski definition) is 1. The van der Waals surface area contributed by atoms with E-state index in [9.17, 15) is 14.5 Å². The van der Waals surface area contributed by atoms with Crippen LogP contribution in [0.5, 0.6) is 0 Å². The lowest BCUT2D eigenvalue weighted by Crippen LogP contribution is -2.26. The summed E-state index contributed by atoms with van der Waals surface area (Å²) in [7, 11) is 0. The third-order valence-electron chi connectivity index (χ3n) is 4.22. The molecule has 1 aromatic rings. The average molecular weight is 266 g/mol. The number of nitro groups is 1. The number of anilines is 1. The molecule has 0 amide bonds. The summed E-state index contributed by atoms with van der Waals surface area (Å²) in [5.41, 5.74) is 0.456. The van der Waals surface area contributed by atoms with Gasteiger partial charge in [0.25, 0.3) is 5.69 Å². The van der Waals surface area contributed by atoms with Crippen molar-refractivity contribution < 1.29 is 9.31 Å². The van der Waals surface area contributed by atoms with Crippen molar-refractivity contribution in [1.29, 1.82) is 0 Å². The highest BCUT2D eigenvalue weighted by molar-refractivity contribution is 5.61. The lowest BCUT2D eigenvalue weighted by atomic mass is 9.83. The normalized spacial score (nSPS) is 17.4. The van der Waals surface area contributed by atoms with E-state index in [1.54, 1.807) is 0 Å². The van der Waals surface area contributed by atoms with Gasteiger partial charge in [-0.15, -0.1) is 0 Å². The van der Waals surface area contributed by atoms with Crippen molar-refractivity contribution in [2.45, 2.75) is 39.0 Å². The van der Waals surface area contributed by atoms with Crippen LogP contribution in [0.4, 0.5) is 15.8 Å². The molecule has 1 saturated carbocycles. The van der Waals surface area contributed by atoms with Crippen LogP contribution in [0.3, 0.4) is 0 Å². The van der Waals surface area contributed by atoms with Crippen molar-refractivity contribution >= 4 is 11.4 Å². The Labute approximate surface area is 112 Å². The maximum atomic E-state index is 13.1. The van der Waals surface area contributed by atoms with Gasteiger partial charge < -0.3 is 5.32 Å². The van der Waals surface area contributed by atoms with Crippen molar-refractivity contribution in [3.05, 3.63) is 34.1 Å². The van der Waals surface area contributed by atoms with Crippen LogP contribution in [0, 0.1) is 21.3 Å². The first kappa shape index (κ1) is 13.8. The molecule has 0 bridgehead atoms. The Hall–Kier alpha value is -1.65. The van der Waals surface area contributed by atoms with Crippen LogP contribution in [0.25, 0.3) is 0 Å². The van der Waals surface area contributed by atoms with Gasteiger partial charge in [-0.05, 0) is 36.8 Å². The van der Waals surface area contributed by atoms with E-state index in [-0.39, 0.29) is 11.1 Å². The summed E-state index contributed by atoms with van der Waals surface area (Å²) in [4.78, 5) is 10.4. The van der Waals surface area contributed by atoms with Crippen LogP contribution in [0.2, 0.25) is 0 Å². The second-order valence-electron chi connectivity index (χ2n) is 5.33. The van der Waals surface area contributed by atoms with Gasteiger partial charge in [0.2, 0.25) is 0 Å². The van der Waals surface area contributed by atoms with Crippen molar-refractivity contribution in [2.75, 3.05) is 11.9 Å². The lowest BCUT2D eigenvalue weighted by Gasteiger charge is -2.28. The van der Waals surface area contributed by atoms with Crippen LogP contribution in [-0.2, 0) is 0 Å². The highest BCUT2D eigenvalue weighted by Crippen LogP contribution is 2.41. The summed E-state index contributed by atoms with van der Waals surface area (Å²) >= 11 is 0. The number of nitrogens with zero attached hydrogens (tertiary/aromatic N) is 1. The summed E-state index contributed by atoms with van der Waals surface area (Å²) in [5, 5.41) is 14.1. The third kappa shape index (κ3) is 3.03. The smallest absolute Gasteiger partial charge is 0.295 e. The highest BCUT2D eigenvalue weighted by atomic mass is 19.1. The molecule has 0 aromatic heterocycles. The van der Waals surface area contributed by atoms with Gasteiger partial charge in [-0.1, -0.05) is 19.8 Å². The maximum Gasteiger partial charge on any atom is 0.295 e. The zero-order valence-corrected chi connectivity index (χ0v) is 11.1. The summed E-state index contributed by atoms with van der Waals surface area (Å²) < 4.78 is 13.1. The van der Waals surface area contributed by atoms with E-state index in [1.807, 2.05) is 0 Å². The standard InChI is InChI=1S/C14H19FN2O2/c1-2-14(7-3-4-8-14)10-16-12-6-5-11(15)9-13(12)17(18)19/h5-6,9,16H,2-4,7-8,10H2,1H3. The number of halogens is 1. The van der Waals surface area contributed by atoms with Gasteiger partial charge in [0.1, 0.15) is 11.5 Å². The van der Waals surface area contributed by atoms with E-state index >= 15 is 0 Å². The van der Waals surface area contributed by atoms with E-state index in [4.69, 9.17) is 0 Å². The van der Waals surface area contributed by atoms with E-state index in [0.29, 0.717) is 5.69 Å². The first-order valence-electron chi connectivity index (χ1n) is 6.74. The van der Waals surface area contributed by atoms with E-state index in [0.717, 1.165) is 31.9 Å². The molecule has 1 N–H and O–H groups in total. The number of benzene rings is 1. The summed E-state index contributed by atoms with van der Waals surface area (Å²) in [6.07, 6.45) is 5.83. The van der Waals surface area contributed by atoms with Gasteiger partial charge in [0, 0.05) is 6.54 Å². The first-order chi connectivity index (χ1) is 9.06. The van der Waals surface area contributed by atoms with Crippen molar-refractivity contribution in [1.82, 2.24) is 0 Å². The molecular weight excluding hydrogens is 247 g/mol. The Morgan fingerprint density at radius 3 is 2.68 bits per heavy atom. The van der Waals surface area contributed by atoms with Crippen molar-refractivity contribution in [3.8, 4) is 0 Å². The molecule has 0 spiro atoms. The third-order valence-corrected chi connectivity index (χ3v) is 4.22. The highest BCUT2D eigenvalue weighted by Gasteiger charge is 2.32. The molecule has 4 nitrogen and oxygen atoms in total. The van der Waals surface area contributed by atoms with Gasteiger partial charge in [-0.3, -0.25) is 10.1 Å². The molecule has 0 aliphatic heterocycles. The quantitative estimate of drug-likeness (QED) is 0.644. The summed E-state index contributed by atoms with van der Waals surface area (Å²) in [6, 6.07) is 3.67. The van der Waals surface area contributed by atoms with Gasteiger partial charge in [0.15, 0.2) is 0 Å². The molecule has 2 rings (SSSR count). The molecule has 0 unspecified atom stereocenters. The molecule has 1 aliphatic carbocycles. The topological polar surface area (TPSA) is 55.2 Å². The fraction of sp³-hybridized carbons (Fsp3) is 0.571. The first-order valence-corrected chi connectivity index (χ1v) is 6.74. The molecule has 1 fully saturated rings. The van der Waals surface area contributed by atoms with Gasteiger partial charge in [-0.25, -0.2) is 4.39 Å². The van der Waals surface area contributed by atoms with E-state index in [1.165, 1.54) is 25.0 Å². The number of nitro benzene ring substituents is 1. The molecular formula is C14H19FN2O2. The van der Waals surface area contributed by atoms with Crippen LogP contribution >= 0.6 is 0 Å². The maximum absolute atomic E-state index is 13.1. The Morgan fingerprint density at radius 2 is 2.11 bits per heavy atom. The minimum Gasteiger partial charge on any atom is -0.379 e. The molecule has 1 aromatic carbocycles. The number of nitrogens with one attached hydrogen (secondary N) is 1. The molecule has 104 valence electrons. The van der Waals surface area contributed by atoms with Gasteiger partial charge >= 0.3 is 0 Å². The Kier molecular flexibility index (Phi) is 4.02. The van der Waals surface area contributed by atoms with Crippen molar-refractivity contribution in [3.63, 3.8) is 0 Å². The predicted molar refractivity (Wildman–Crippen MR) is 72.7 cm³/mol. The summed E-state index contributed by atoms with van der Waals surface area (Å²) in [5.74, 6) is -0.580. The number of rotatable bonds is 5. The van der Waals surface area contributed by atoms with E-state index < -0.39 is 10.7 Å². The van der Waals surface area contributed by atoms with Crippen LogP contribution < -0.4 is 5.32 Å². The Bertz CT molecular complexity index is 471. The second kappa shape index (κ2) is 5.55. The fourth-order valence-electron chi connectivity index (χ4n) is 2.87. The molecule has 5 heteroatoms. The largest absolute Gasteiger partial charge is 0.379 e. The fourth-order valence-corrected chi connectivity index (χ4v) is 2.87. The lowest BCUT2D eigenvalue weighted by molar-refractivity contribution is -0.384. The molecule has 0 heterocycles. The zero-order valence-electron chi connectivity index (χ0n) is 11.1. The molecule has 0 radical (unpaired) electrons. The molecule has 1 aliphatic rings. The zero-order chi connectivity index (χ0) is 13.9. The minimum absolute atomic E-state index is 0.191. The molecule has 0 atom stereocenters. The van der Waals surface area contributed by atoms with Crippen LogP contribution in [-0.4, -0.2) is 11.5 Å². The summed E-state index contributed by atoms with van der Waals surface area (Å²) in [6.45, 7) is 2.88. The monoisotopic (exact) mass is 266 g/mol. The average Bonchev–Trinajstić information content (AvgIpc) is 2.86. The minimum atomic E-state index is -0.580.